The third-order valence-corrected chi connectivity index (χ3v) is 5.11. The summed E-state index contributed by atoms with van der Waals surface area (Å²) in [4.78, 5) is 27.7. The van der Waals surface area contributed by atoms with Crippen molar-refractivity contribution in [2.45, 2.75) is 0 Å². The molecule has 0 heterocycles. The molecule has 0 saturated carbocycles. The van der Waals surface area contributed by atoms with E-state index in [9.17, 15) is 14.0 Å². The Balaban J connectivity index is 1.91. The molecule has 2 amide bonds. The van der Waals surface area contributed by atoms with Gasteiger partial charge in [-0.3, -0.25) is 9.59 Å². The molecule has 0 aromatic heterocycles. The van der Waals surface area contributed by atoms with E-state index >= 15 is 0 Å². The highest BCUT2D eigenvalue weighted by atomic mass is 79.9. The summed E-state index contributed by atoms with van der Waals surface area (Å²) < 4.78 is 14.1. The number of hydrogen-bond acceptors (Lipinski definition) is 3. The lowest BCUT2D eigenvalue weighted by Crippen LogP contribution is -2.31. The summed E-state index contributed by atoms with van der Waals surface area (Å²) in [6, 6.07) is 20.0. The fourth-order valence-corrected chi connectivity index (χ4v) is 3.26. The summed E-state index contributed by atoms with van der Waals surface area (Å²) in [6.07, 6.45) is 1.57. The van der Waals surface area contributed by atoms with Crippen LogP contribution in [0.2, 0.25) is 0 Å². The van der Waals surface area contributed by atoms with Crippen LogP contribution in [0.15, 0.2) is 83.0 Å². The van der Waals surface area contributed by atoms with E-state index < -0.39 is 17.6 Å². The van der Waals surface area contributed by atoms with E-state index in [0.717, 1.165) is 11.3 Å². The van der Waals surface area contributed by atoms with Crippen LogP contribution in [0, 0.1) is 5.82 Å². The summed E-state index contributed by atoms with van der Waals surface area (Å²) in [5.41, 5.74) is 2.43. The summed E-state index contributed by atoms with van der Waals surface area (Å²) in [6.45, 7) is 0. The van der Waals surface area contributed by atoms with E-state index in [1.165, 1.54) is 18.2 Å². The Labute approximate surface area is 188 Å². The van der Waals surface area contributed by atoms with E-state index in [2.05, 4.69) is 26.6 Å². The van der Waals surface area contributed by atoms with Crippen molar-refractivity contribution in [3.63, 3.8) is 0 Å². The molecule has 0 aliphatic carbocycles. The van der Waals surface area contributed by atoms with Crippen LogP contribution in [-0.2, 0) is 4.79 Å². The second-order valence-electron chi connectivity index (χ2n) is 6.94. The minimum atomic E-state index is -0.567. The highest BCUT2D eigenvalue weighted by Crippen LogP contribution is 2.18. The minimum Gasteiger partial charge on any atom is -0.378 e. The fraction of sp³-hybridized carbons (Fsp3) is 0.0833. The first kappa shape index (κ1) is 22.2. The smallest absolute Gasteiger partial charge is 0.272 e. The maximum Gasteiger partial charge on any atom is 0.272 e. The lowest BCUT2D eigenvalue weighted by Gasteiger charge is -2.14. The lowest BCUT2D eigenvalue weighted by molar-refractivity contribution is -0.113. The van der Waals surface area contributed by atoms with Crippen LogP contribution < -0.4 is 15.5 Å². The first-order valence-electron chi connectivity index (χ1n) is 9.45. The number of carbonyl (C=O) groups is 2. The van der Waals surface area contributed by atoms with Crippen molar-refractivity contribution in [3.05, 3.63) is 99.9 Å². The largest absolute Gasteiger partial charge is 0.378 e. The van der Waals surface area contributed by atoms with Crippen LogP contribution >= 0.6 is 15.9 Å². The third-order valence-electron chi connectivity index (χ3n) is 4.41. The quantitative estimate of drug-likeness (QED) is 0.483. The van der Waals surface area contributed by atoms with Gasteiger partial charge < -0.3 is 15.5 Å². The van der Waals surface area contributed by atoms with Gasteiger partial charge in [0.15, 0.2) is 0 Å². The van der Waals surface area contributed by atoms with Gasteiger partial charge in [0.2, 0.25) is 0 Å². The highest BCUT2D eigenvalue weighted by Gasteiger charge is 2.17. The van der Waals surface area contributed by atoms with Crippen LogP contribution in [0.3, 0.4) is 0 Å². The molecule has 0 saturated heterocycles. The molecule has 2 N–H and O–H groups in total. The number of halogens is 2. The van der Waals surface area contributed by atoms with Crippen LogP contribution in [-0.4, -0.2) is 25.9 Å². The van der Waals surface area contributed by atoms with Gasteiger partial charge in [0.25, 0.3) is 11.8 Å². The second-order valence-corrected chi connectivity index (χ2v) is 7.80. The van der Waals surface area contributed by atoms with Gasteiger partial charge in [-0.2, -0.15) is 0 Å². The van der Waals surface area contributed by atoms with Crippen LogP contribution in [0.4, 0.5) is 15.8 Å². The zero-order valence-electron chi connectivity index (χ0n) is 17.0. The van der Waals surface area contributed by atoms with E-state index in [4.69, 9.17) is 0 Å². The summed E-state index contributed by atoms with van der Waals surface area (Å²) in [5, 5.41) is 5.29. The molecule has 3 aromatic rings. The summed E-state index contributed by atoms with van der Waals surface area (Å²) >= 11 is 3.35. The van der Waals surface area contributed by atoms with Crippen molar-refractivity contribution >= 4 is 45.2 Å². The van der Waals surface area contributed by atoms with Gasteiger partial charge in [-0.25, -0.2) is 4.39 Å². The third kappa shape index (κ3) is 6.02. The Bertz CT molecular complexity index is 1130. The minimum absolute atomic E-state index is 0.0302. The molecule has 3 rings (SSSR count). The van der Waals surface area contributed by atoms with Crippen molar-refractivity contribution in [2.24, 2.45) is 0 Å². The maximum atomic E-state index is 13.5. The number of carbonyl (C=O) groups excluding carboxylic acids is 2. The van der Waals surface area contributed by atoms with E-state index in [0.29, 0.717) is 10.0 Å². The van der Waals surface area contributed by atoms with Gasteiger partial charge in [-0.05, 0) is 70.0 Å². The molecule has 0 unspecified atom stereocenters. The summed E-state index contributed by atoms with van der Waals surface area (Å²) in [5.74, 6) is -1.49. The van der Waals surface area contributed by atoms with Gasteiger partial charge in [0.1, 0.15) is 11.5 Å². The van der Waals surface area contributed by atoms with Gasteiger partial charge in [0, 0.05) is 29.9 Å². The van der Waals surface area contributed by atoms with Crippen molar-refractivity contribution in [1.29, 1.82) is 0 Å². The molecule has 0 aliphatic rings. The zero-order valence-corrected chi connectivity index (χ0v) is 18.6. The predicted octanol–water partition coefficient (Wildman–Crippen LogP) is 5.06. The Morgan fingerprint density at radius 3 is 2.32 bits per heavy atom. The second kappa shape index (κ2) is 10.0. The first-order chi connectivity index (χ1) is 14.8. The molecule has 0 bridgehead atoms. The molecule has 158 valence electrons. The molecule has 0 radical (unpaired) electrons. The van der Waals surface area contributed by atoms with Gasteiger partial charge in [0.05, 0.1) is 5.56 Å². The molecule has 3 aromatic carbocycles. The number of nitrogens with one attached hydrogen (secondary N) is 2. The van der Waals surface area contributed by atoms with Gasteiger partial charge in [-0.1, -0.05) is 30.3 Å². The van der Waals surface area contributed by atoms with Gasteiger partial charge in [-0.15, -0.1) is 0 Å². The molecule has 0 atom stereocenters. The Hall–Kier alpha value is -3.45. The number of benzene rings is 3. The first-order valence-corrected chi connectivity index (χ1v) is 10.2. The lowest BCUT2D eigenvalue weighted by atomic mass is 10.1. The van der Waals surface area contributed by atoms with Crippen LogP contribution in [0.25, 0.3) is 6.08 Å². The topological polar surface area (TPSA) is 61.4 Å². The molecular weight excluding hydrogens is 461 g/mol. The zero-order chi connectivity index (χ0) is 22.4. The van der Waals surface area contributed by atoms with Crippen molar-refractivity contribution < 1.29 is 14.0 Å². The summed E-state index contributed by atoms with van der Waals surface area (Å²) in [7, 11) is 3.86. The van der Waals surface area contributed by atoms with E-state index in [1.54, 1.807) is 36.4 Å². The van der Waals surface area contributed by atoms with Crippen molar-refractivity contribution in [2.75, 3.05) is 24.3 Å². The molecule has 5 nitrogen and oxygen atoms in total. The monoisotopic (exact) mass is 481 g/mol. The van der Waals surface area contributed by atoms with E-state index in [-0.39, 0.29) is 11.4 Å². The standard InChI is InChI=1S/C24H21BrFN3O2/c1-29(2)19-12-10-16(11-13-19)14-22(24(31)27-18-7-5-6-17(26)15-18)28-23(30)20-8-3-4-9-21(20)25/h3-15H,1-2H3,(H,27,31)(H,28,30)/b22-14+. The average molecular weight is 482 g/mol. The molecule has 0 fully saturated rings. The maximum absolute atomic E-state index is 13.5. The van der Waals surface area contributed by atoms with E-state index in [1.807, 2.05) is 43.3 Å². The number of amides is 2. The van der Waals surface area contributed by atoms with Crippen molar-refractivity contribution in [3.8, 4) is 0 Å². The Morgan fingerprint density at radius 1 is 0.968 bits per heavy atom. The average Bonchev–Trinajstić information content (AvgIpc) is 2.74. The molecule has 0 spiro atoms. The predicted molar refractivity (Wildman–Crippen MR) is 125 cm³/mol. The Morgan fingerprint density at radius 2 is 1.68 bits per heavy atom. The fourth-order valence-electron chi connectivity index (χ4n) is 2.79. The van der Waals surface area contributed by atoms with Crippen LogP contribution in [0.5, 0.6) is 0 Å². The normalized spacial score (nSPS) is 11.0. The Kier molecular flexibility index (Phi) is 7.20. The molecule has 0 aliphatic heterocycles. The number of nitrogens with zero attached hydrogens (tertiary/aromatic N) is 1. The number of hydrogen-bond donors (Lipinski definition) is 2. The number of anilines is 2. The van der Waals surface area contributed by atoms with Gasteiger partial charge >= 0.3 is 0 Å². The number of rotatable bonds is 6. The highest BCUT2D eigenvalue weighted by molar-refractivity contribution is 9.10. The molecular formula is C24H21BrFN3O2. The van der Waals surface area contributed by atoms with Crippen LogP contribution in [0.1, 0.15) is 15.9 Å². The van der Waals surface area contributed by atoms with Crippen molar-refractivity contribution in [1.82, 2.24) is 5.32 Å². The molecule has 31 heavy (non-hydrogen) atoms. The molecule has 7 heteroatoms. The SMILES string of the molecule is CN(C)c1ccc(/C=C(/NC(=O)c2ccccc2Br)C(=O)Nc2cccc(F)c2)cc1.